The average Bonchev–Trinajstić information content (AvgIpc) is 2.87. The van der Waals surface area contributed by atoms with Crippen molar-refractivity contribution >= 4 is 36.4 Å². The molecule has 178 valence electrons. The molecular weight excluding hydrogens is 478 g/mol. The van der Waals surface area contributed by atoms with Gasteiger partial charge in [0.15, 0.2) is 0 Å². The molecule has 0 aliphatic carbocycles. The number of hydrogen-bond acceptors (Lipinski definition) is 4. The smallest absolute Gasteiger partial charge is 0.200 e. The molecule has 0 aliphatic heterocycles. The summed E-state index contributed by atoms with van der Waals surface area (Å²) in [6.45, 7) is 3.92. The topological polar surface area (TPSA) is 71.5 Å². The summed E-state index contributed by atoms with van der Waals surface area (Å²) < 4.78 is 54.6. The zero-order valence-corrected chi connectivity index (χ0v) is 21.0. The normalized spacial score (nSPS) is 11.7. The van der Waals surface area contributed by atoms with Gasteiger partial charge >= 0.3 is 0 Å². The lowest BCUT2D eigenvalue weighted by molar-refractivity contribution is 0.537. The van der Waals surface area contributed by atoms with Crippen molar-refractivity contribution in [2.75, 3.05) is 0 Å². The minimum Gasteiger partial charge on any atom is -0.200 e. The molecule has 0 radical (unpaired) electrons. The second-order valence-corrected chi connectivity index (χ2v) is 12.1. The van der Waals surface area contributed by atoms with Crippen LogP contribution in [0.4, 0.5) is 0 Å². The zero-order chi connectivity index (χ0) is 25.1. The Balaban J connectivity index is 1.98. The third-order valence-electron chi connectivity index (χ3n) is 5.54. The highest BCUT2D eigenvalue weighted by Gasteiger charge is 2.33. The molecule has 0 saturated carbocycles. The van der Waals surface area contributed by atoms with Gasteiger partial charge in [-0.2, -0.15) is 3.71 Å². The number of benzene rings is 4. The van der Waals surface area contributed by atoms with Crippen molar-refractivity contribution in [1.29, 1.82) is 0 Å². The van der Waals surface area contributed by atoms with E-state index in [2.05, 4.69) is 5.73 Å². The number of rotatable bonds is 7. The maximum atomic E-state index is 13.5. The van der Waals surface area contributed by atoms with E-state index in [1.165, 1.54) is 24.3 Å². The lowest BCUT2D eigenvalue weighted by Crippen LogP contribution is -2.32. The van der Waals surface area contributed by atoms with Crippen LogP contribution in [0.2, 0.25) is 0 Å². The molecule has 0 bridgehead atoms. The SMILES string of the molecule is CC(C)C(=C=CN(S(=O)(=O)c1ccccc1)S(=O)(=O)c1ccccc1)c1cccc2ccccc12. The molecule has 0 unspecified atom stereocenters. The molecule has 4 aromatic rings. The summed E-state index contributed by atoms with van der Waals surface area (Å²) in [6, 6.07) is 28.7. The molecule has 0 N–H and O–H groups in total. The summed E-state index contributed by atoms with van der Waals surface area (Å²) in [5.41, 5.74) is 4.60. The van der Waals surface area contributed by atoms with E-state index < -0.39 is 20.0 Å². The van der Waals surface area contributed by atoms with Gasteiger partial charge in [0.2, 0.25) is 0 Å². The van der Waals surface area contributed by atoms with Gasteiger partial charge in [-0.15, -0.1) is 0 Å². The molecule has 0 fully saturated rings. The summed E-state index contributed by atoms with van der Waals surface area (Å²) in [4.78, 5) is -0.261. The lowest BCUT2D eigenvalue weighted by atomic mass is 9.92. The van der Waals surface area contributed by atoms with Gasteiger partial charge < -0.3 is 0 Å². The summed E-state index contributed by atoms with van der Waals surface area (Å²) in [6.07, 6.45) is 1.03. The van der Waals surface area contributed by atoms with E-state index in [9.17, 15) is 16.8 Å². The van der Waals surface area contributed by atoms with Crippen LogP contribution in [0.3, 0.4) is 0 Å². The van der Waals surface area contributed by atoms with Crippen molar-refractivity contribution < 1.29 is 16.8 Å². The maximum absolute atomic E-state index is 13.5. The third kappa shape index (κ3) is 4.93. The van der Waals surface area contributed by atoms with Crippen molar-refractivity contribution in [1.82, 2.24) is 3.71 Å². The Morgan fingerprint density at radius 3 is 1.71 bits per heavy atom. The predicted molar refractivity (Wildman–Crippen MR) is 139 cm³/mol. The van der Waals surface area contributed by atoms with Crippen LogP contribution in [0.25, 0.3) is 16.3 Å². The lowest BCUT2D eigenvalue weighted by Gasteiger charge is -2.20. The molecule has 0 heterocycles. The Bertz CT molecular complexity index is 1550. The van der Waals surface area contributed by atoms with Gasteiger partial charge in [0.05, 0.1) is 16.0 Å². The second-order valence-electron chi connectivity index (χ2n) is 8.23. The Hall–Kier alpha value is -3.64. The van der Waals surface area contributed by atoms with Crippen LogP contribution in [-0.4, -0.2) is 20.5 Å². The van der Waals surface area contributed by atoms with E-state index in [4.69, 9.17) is 0 Å². The molecule has 35 heavy (non-hydrogen) atoms. The van der Waals surface area contributed by atoms with E-state index in [1.54, 1.807) is 36.4 Å². The van der Waals surface area contributed by atoms with Crippen LogP contribution >= 0.6 is 0 Å². The van der Waals surface area contributed by atoms with E-state index in [0.717, 1.165) is 22.5 Å². The van der Waals surface area contributed by atoms with Gasteiger partial charge in [-0.25, -0.2) is 16.8 Å². The van der Waals surface area contributed by atoms with Gasteiger partial charge in [-0.1, -0.05) is 98.4 Å². The molecule has 0 atom stereocenters. The summed E-state index contributed by atoms with van der Waals surface area (Å²) in [5, 5.41) is 2.00. The zero-order valence-electron chi connectivity index (χ0n) is 19.4. The Morgan fingerprint density at radius 1 is 0.686 bits per heavy atom. The summed E-state index contributed by atoms with van der Waals surface area (Å²) in [7, 11) is -8.88. The van der Waals surface area contributed by atoms with Gasteiger partial charge in [0.25, 0.3) is 20.0 Å². The van der Waals surface area contributed by atoms with E-state index in [0.29, 0.717) is 9.28 Å². The molecule has 0 aromatic heterocycles. The molecule has 0 spiro atoms. The van der Waals surface area contributed by atoms with E-state index in [1.807, 2.05) is 56.3 Å². The summed E-state index contributed by atoms with van der Waals surface area (Å²) in [5.74, 6) is -0.0576. The maximum Gasteiger partial charge on any atom is 0.277 e. The first-order chi connectivity index (χ1) is 16.7. The van der Waals surface area contributed by atoms with Crippen LogP contribution in [-0.2, 0) is 20.0 Å². The highest BCUT2D eigenvalue weighted by atomic mass is 32.3. The number of allylic oxidation sites excluding steroid dienone is 1. The molecule has 0 saturated heterocycles. The van der Waals surface area contributed by atoms with E-state index in [-0.39, 0.29) is 15.7 Å². The fourth-order valence-electron chi connectivity index (χ4n) is 3.80. The van der Waals surface area contributed by atoms with Crippen LogP contribution in [0, 0.1) is 5.92 Å². The van der Waals surface area contributed by atoms with Crippen LogP contribution < -0.4 is 0 Å². The van der Waals surface area contributed by atoms with Crippen molar-refractivity contribution in [3.05, 3.63) is 121 Å². The third-order valence-corrected chi connectivity index (χ3v) is 9.61. The molecule has 0 aliphatic rings. The minimum atomic E-state index is -4.44. The molecule has 5 nitrogen and oxygen atoms in total. The van der Waals surface area contributed by atoms with Crippen molar-refractivity contribution in [2.45, 2.75) is 23.6 Å². The largest absolute Gasteiger partial charge is 0.277 e. The quantitative estimate of drug-likeness (QED) is 0.287. The first-order valence-electron chi connectivity index (χ1n) is 11.1. The van der Waals surface area contributed by atoms with Crippen LogP contribution in [0.1, 0.15) is 19.4 Å². The molecule has 7 heteroatoms. The van der Waals surface area contributed by atoms with Gasteiger partial charge in [0.1, 0.15) is 0 Å². The first-order valence-corrected chi connectivity index (χ1v) is 14.0. The van der Waals surface area contributed by atoms with Crippen molar-refractivity contribution in [2.24, 2.45) is 5.92 Å². The molecule has 4 rings (SSSR count). The average molecular weight is 504 g/mol. The number of nitrogens with zero attached hydrogens (tertiary/aromatic N) is 1. The van der Waals surface area contributed by atoms with Gasteiger partial charge in [-0.3, -0.25) is 0 Å². The highest BCUT2D eigenvalue weighted by Crippen LogP contribution is 2.30. The Kier molecular flexibility index (Phi) is 6.94. The minimum absolute atomic E-state index is 0.0576. The predicted octanol–water partition coefficient (Wildman–Crippen LogP) is 6.07. The van der Waals surface area contributed by atoms with Crippen molar-refractivity contribution in [3.8, 4) is 0 Å². The fourth-order valence-corrected chi connectivity index (χ4v) is 7.15. The number of sulfonamides is 2. The van der Waals surface area contributed by atoms with Crippen LogP contribution in [0.15, 0.2) is 125 Å². The van der Waals surface area contributed by atoms with Gasteiger partial charge in [-0.05, 0) is 46.5 Å². The van der Waals surface area contributed by atoms with Crippen LogP contribution in [0.5, 0.6) is 0 Å². The molecule has 4 aromatic carbocycles. The highest BCUT2D eigenvalue weighted by molar-refractivity contribution is 8.04. The number of hydrogen-bond donors (Lipinski definition) is 0. The molecular formula is C28H25NO4S2. The monoisotopic (exact) mass is 503 g/mol. The Morgan fingerprint density at radius 2 is 1.17 bits per heavy atom. The van der Waals surface area contributed by atoms with Crippen molar-refractivity contribution in [3.63, 3.8) is 0 Å². The molecule has 0 amide bonds. The summed E-state index contributed by atoms with van der Waals surface area (Å²) >= 11 is 0. The fraction of sp³-hybridized carbons (Fsp3) is 0.107. The Labute approximate surface area is 206 Å². The first kappa shape index (κ1) is 24.5. The standard InChI is InChI=1S/C28H25NO4S2/c1-22(2)26(28-19-11-13-23-12-9-10-18-27(23)28)20-21-29(34(30,31)24-14-5-3-6-15-24)35(32,33)25-16-7-4-8-17-25/h3-19,21-22H,1-2H3. The van der Waals surface area contributed by atoms with Gasteiger partial charge in [0, 0.05) is 5.57 Å². The van der Waals surface area contributed by atoms with E-state index >= 15 is 0 Å². The second kappa shape index (κ2) is 9.92. The number of fused-ring (bicyclic) bond motifs is 1.